The molecule has 2 heterocycles. The van der Waals surface area contributed by atoms with E-state index in [9.17, 15) is 14.4 Å². The number of hydrogen-bond donors (Lipinski definition) is 0. The zero-order valence-corrected chi connectivity index (χ0v) is 17.7. The van der Waals surface area contributed by atoms with Gasteiger partial charge in [-0.25, -0.2) is 9.78 Å². The third kappa shape index (κ3) is 4.41. The highest BCUT2D eigenvalue weighted by Gasteiger charge is 2.28. The fourth-order valence-electron chi connectivity index (χ4n) is 3.42. The molecule has 0 N–H and O–H groups in total. The summed E-state index contributed by atoms with van der Waals surface area (Å²) in [5.74, 6) is -0.107. The van der Waals surface area contributed by atoms with Gasteiger partial charge in [-0.15, -0.1) is 0 Å². The number of carbonyl (C=O) groups is 2. The Labute approximate surface area is 170 Å². The van der Waals surface area contributed by atoms with E-state index in [2.05, 4.69) is 4.98 Å². The van der Waals surface area contributed by atoms with Gasteiger partial charge in [-0.3, -0.25) is 9.59 Å². The summed E-state index contributed by atoms with van der Waals surface area (Å²) in [7, 11) is 0. The molecule has 1 aliphatic rings. The lowest BCUT2D eigenvalue weighted by Gasteiger charge is -2.35. The second-order valence-corrected chi connectivity index (χ2v) is 8.21. The smallest absolute Gasteiger partial charge is 0.410 e. The standard InChI is InChI=1S/C21H28N4O4/c1-6-25-17-8-7-15(13-16(17)22-14(2)18(25)26)19(27)23-9-11-24(12-10-23)20(28)29-21(3,4)5/h7-8,13H,6,9-12H2,1-5H3. The molecule has 0 radical (unpaired) electrons. The lowest BCUT2D eigenvalue weighted by Crippen LogP contribution is -2.51. The van der Waals surface area contributed by atoms with Gasteiger partial charge >= 0.3 is 6.09 Å². The average Bonchev–Trinajstić information content (AvgIpc) is 2.67. The van der Waals surface area contributed by atoms with Crippen LogP contribution in [0.1, 0.15) is 43.7 Å². The Morgan fingerprint density at radius 3 is 2.31 bits per heavy atom. The Morgan fingerprint density at radius 1 is 1.10 bits per heavy atom. The minimum Gasteiger partial charge on any atom is -0.444 e. The average molecular weight is 400 g/mol. The summed E-state index contributed by atoms with van der Waals surface area (Å²) in [6, 6.07) is 5.24. The summed E-state index contributed by atoms with van der Waals surface area (Å²) in [5.41, 5.74) is 1.62. The molecule has 0 atom stereocenters. The molecule has 1 aromatic carbocycles. The number of ether oxygens (including phenoxy) is 1. The third-order valence-corrected chi connectivity index (χ3v) is 4.89. The van der Waals surface area contributed by atoms with Gasteiger partial charge in [-0.2, -0.15) is 0 Å². The monoisotopic (exact) mass is 400 g/mol. The van der Waals surface area contributed by atoms with Gasteiger partial charge in [0.2, 0.25) is 0 Å². The number of benzene rings is 1. The Morgan fingerprint density at radius 2 is 1.72 bits per heavy atom. The molecule has 8 nitrogen and oxygen atoms in total. The van der Waals surface area contributed by atoms with Crippen molar-refractivity contribution in [2.45, 2.75) is 46.8 Å². The molecule has 1 saturated heterocycles. The highest BCUT2D eigenvalue weighted by atomic mass is 16.6. The number of aromatic nitrogens is 2. The molecule has 8 heteroatoms. The summed E-state index contributed by atoms with van der Waals surface area (Å²) >= 11 is 0. The summed E-state index contributed by atoms with van der Waals surface area (Å²) in [6.45, 7) is 11.4. The van der Waals surface area contributed by atoms with Crippen LogP contribution >= 0.6 is 0 Å². The Hall–Kier alpha value is -2.90. The highest BCUT2D eigenvalue weighted by Crippen LogP contribution is 2.17. The maximum Gasteiger partial charge on any atom is 0.410 e. The zero-order valence-electron chi connectivity index (χ0n) is 17.7. The molecule has 0 saturated carbocycles. The summed E-state index contributed by atoms with van der Waals surface area (Å²) < 4.78 is 7.05. The minimum absolute atomic E-state index is 0.107. The molecule has 29 heavy (non-hydrogen) atoms. The molecule has 0 spiro atoms. The van der Waals surface area contributed by atoms with E-state index in [4.69, 9.17) is 4.74 Å². The molecule has 0 aliphatic carbocycles. The molecule has 3 rings (SSSR count). The lowest BCUT2D eigenvalue weighted by molar-refractivity contribution is 0.0141. The first kappa shape index (κ1) is 20.8. The predicted octanol–water partition coefficient (Wildman–Crippen LogP) is 2.42. The molecule has 156 valence electrons. The molecular weight excluding hydrogens is 372 g/mol. The first-order valence-electron chi connectivity index (χ1n) is 9.89. The number of carbonyl (C=O) groups excluding carboxylic acids is 2. The van der Waals surface area contributed by atoms with E-state index in [1.807, 2.05) is 27.7 Å². The lowest BCUT2D eigenvalue weighted by atomic mass is 10.1. The fourth-order valence-corrected chi connectivity index (χ4v) is 3.42. The van der Waals surface area contributed by atoms with Crippen molar-refractivity contribution in [3.05, 3.63) is 39.8 Å². The molecule has 2 amide bonds. The zero-order chi connectivity index (χ0) is 21.3. The molecule has 1 aromatic heterocycles. The van der Waals surface area contributed by atoms with Crippen LogP contribution in [-0.2, 0) is 11.3 Å². The van der Waals surface area contributed by atoms with E-state index in [0.29, 0.717) is 49.5 Å². The van der Waals surface area contributed by atoms with Crippen molar-refractivity contribution in [1.29, 1.82) is 0 Å². The molecular formula is C21H28N4O4. The normalized spacial score (nSPS) is 14.9. The molecule has 1 fully saturated rings. The fraction of sp³-hybridized carbons (Fsp3) is 0.524. The van der Waals surface area contributed by atoms with Gasteiger partial charge < -0.3 is 19.1 Å². The van der Waals surface area contributed by atoms with Crippen molar-refractivity contribution < 1.29 is 14.3 Å². The van der Waals surface area contributed by atoms with E-state index < -0.39 is 5.60 Å². The molecule has 2 aromatic rings. The molecule has 1 aliphatic heterocycles. The number of nitrogens with zero attached hydrogens (tertiary/aromatic N) is 4. The van der Waals surface area contributed by atoms with Crippen molar-refractivity contribution in [3.8, 4) is 0 Å². The van der Waals surface area contributed by atoms with Crippen LogP contribution in [0.3, 0.4) is 0 Å². The highest BCUT2D eigenvalue weighted by molar-refractivity contribution is 5.97. The number of amides is 2. The number of fused-ring (bicyclic) bond motifs is 1. The van der Waals surface area contributed by atoms with Crippen molar-refractivity contribution in [2.75, 3.05) is 26.2 Å². The minimum atomic E-state index is -0.542. The SMILES string of the molecule is CCn1c(=O)c(C)nc2cc(C(=O)N3CCN(C(=O)OC(C)(C)C)CC3)ccc21. The Kier molecular flexibility index (Phi) is 5.64. The van der Waals surface area contributed by atoms with E-state index in [0.717, 1.165) is 5.52 Å². The van der Waals surface area contributed by atoms with Crippen LogP contribution in [0, 0.1) is 6.92 Å². The van der Waals surface area contributed by atoms with Crippen LogP contribution in [0.15, 0.2) is 23.0 Å². The Bertz CT molecular complexity index is 998. The summed E-state index contributed by atoms with van der Waals surface area (Å²) in [4.78, 5) is 45.1. The summed E-state index contributed by atoms with van der Waals surface area (Å²) in [6.07, 6.45) is -0.354. The topological polar surface area (TPSA) is 84.7 Å². The quantitative estimate of drug-likeness (QED) is 0.773. The number of hydrogen-bond acceptors (Lipinski definition) is 5. The second kappa shape index (κ2) is 7.85. The number of aryl methyl sites for hydroxylation is 2. The van der Waals surface area contributed by atoms with Gasteiger partial charge in [-0.1, -0.05) is 0 Å². The van der Waals surface area contributed by atoms with E-state index in [1.165, 1.54) is 0 Å². The van der Waals surface area contributed by atoms with Gasteiger partial charge in [-0.05, 0) is 52.8 Å². The van der Waals surface area contributed by atoms with Crippen LogP contribution in [0.25, 0.3) is 11.0 Å². The second-order valence-electron chi connectivity index (χ2n) is 8.21. The Balaban J connectivity index is 1.75. The van der Waals surface area contributed by atoms with Crippen molar-refractivity contribution in [2.24, 2.45) is 0 Å². The van der Waals surface area contributed by atoms with Crippen LogP contribution < -0.4 is 5.56 Å². The largest absolute Gasteiger partial charge is 0.444 e. The first-order valence-corrected chi connectivity index (χ1v) is 9.89. The van der Waals surface area contributed by atoms with E-state index in [-0.39, 0.29) is 17.6 Å². The van der Waals surface area contributed by atoms with Gasteiger partial charge in [0.1, 0.15) is 11.3 Å². The van der Waals surface area contributed by atoms with Crippen LogP contribution in [-0.4, -0.2) is 63.1 Å². The van der Waals surface area contributed by atoms with E-state index >= 15 is 0 Å². The van der Waals surface area contributed by atoms with Crippen LogP contribution in [0.2, 0.25) is 0 Å². The maximum absolute atomic E-state index is 12.9. The predicted molar refractivity (Wildman–Crippen MR) is 110 cm³/mol. The van der Waals surface area contributed by atoms with Gasteiger partial charge in [0.05, 0.1) is 11.0 Å². The van der Waals surface area contributed by atoms with Crippen LogP contribution in [0.5, 0.6) is 0 Å². The first-order chi connectivity index (χ1) is 13.6. The number of rotatable bonds is 2. The number of piperazine rings is 1. The molecule has 0 unspecified atom stereocenters. The van der Waals surface area contributed by atoms with Gasteiger partial charge in [0.15, 0.2) is 0 Å². The van der Waals surface area contributed by atoms with Crippen molar-refractivity contribution >= 4 is 23.0 Å². The third-order valence-electron chi connectivity index (χ3n) is 4.89. The van der Waals surface area contributed by atoms with Gasteiger partial charge in [0.25, 0.3) is 11.5 Å². The summed E-state index contributed by atoms with van der Waals surface area (Å²) in [5, 5.41) is 0. The molecule has 0 bridgehead atoms. The maximum atomic E-state index is 12.9. The van der Waals surface area contributed by atoms with Gasteiger partial charge in [0, 0.05) is 38.3 Å². The van der Waals surface area contributed by atoms with Crippen molar-refractivity contribution in [1.82, 2.24) is 19.4 Å². The van der Waals surface area contributed by atoms with Crippen LogP contribution in [0.4, 0.5) is 4.79 Å². The van der Waals surface area contributed by atoms with E-state index in [1.54, 1.807) is 39.5 Å². The van der Waals surface area contributed by atoms with Crippen molar-refractivity contribution in [3.63, 3.8) is 0 Å².